The summed E-state index contributed by atoms with van der Waals surface area (Å²) in [5.74, 6) is -6.55. The summed E-state index contributed by atoms with van der Waals surface area (Å²) in [6, 6.07) is 0.219. The molecular weight excluding hydrogens is 502 g/mol. The number of carbonyl (C=O) groups is 6. The molecule has 0 spiro atoms. The minimum Gasteiger partial charge on any atom is -0.508 e. The maximum atomic E-state index is 13.2. The minimum atomic E-state index is -1.47. The summed E-state index contributed by atoms with van der Waals surface area (Å²) in [4.78, 5) is 72.6. The molecule has 0 bridgehead atoms. The molecule has 0 aliphatic rings. The van der Waals surface area contributed by atoms with Crippen LogP contribution in [-0.4, -0.2) is 75.1 Å². The van der Waals surface area contributed by atoms with Crippen LogP contribution in [0.4, 0.5) is 0 Å². The quantitative estimate of drug-likeness (QED) is 0.122. The van der Waals surface area contributed by atoms with Gasteiger partial charge in [0.25, 0.3) is 0 Å². The van der Waals surface area contributed by atoms with Crippen molar-refractivity contribution in [3.63, 3.8) is 0 Å². The molecule has 5 unspecified atom stereocenters. The maximum absolute atomic E-state index is 13.2. The van der Waals surface area contributed by atoms with Crippen LogP contribution >= 0.6 is 0 Å². The van der Waals surface area contributed by atoms with Crippen LogP contribution in [0.3, 0.4) is 0 Å². The fraction of sp³-hybridized carbons (Fsp3) is 0.500. The van der Waals surface area contributed by atoms with Crippen LogP contribution in [0.5, 0.6) is 5.75 Å². The molecule has 38 heavy (non-hydrogen) atoms. The molecule has 1 rings (SSSR count). The van der Waals surface area contributed by atoms with Gasteiger partial charge < -0.3 is 42.7 Å². The number of hydrogen-bond donors (Lipinski definition) is 8. The zero-order valence-electron chi connectivity index (χ0n) is 21.2. The number of phenolic OH excluding ortho intramolecular Hbond substituents is 1. The Bertz CT molecular complexity index is 1020. The summed E-state index contributed by atoms with van der Waals surface area (Å²) in [7, 11) is 0. The van der Waals surface area contributed by atoms with Crippen molar-refractivity contribution >= 4 is 35.6 Å². The number of hydrogen-bond acceptors (Lipinski definition) is 8. The van der Waals surface area contributed by atoms with Gasteiger partial charge in [-0.1, -0.05) is 32.4 Å². The Kier molecular flexibility index (Phi) is 12.7. The van der Waals surface area contributed by atoms with Gasteiger partial charge in [-0.2, -0.15) is 0 Å². The van der Waals surface area contributed by atoms with Crippen LogP contribution in [0.25, 0.3) is 0 Å². The van der Waals surface area contributed by atoms with E-state index in [1.54, 1.807) is 13.8 Å². The molecule has 0 radical (unpaired) electrons. The number of primary amides is 1. The summed E-state index contributed by atoms with van der Waals surface area (Å²) < 4.78 is 0. The standard InChI is InChI=1S/C24H35N5O9/c1-3-12(2)20(24(37)38)29-22(35)16(8-9-18(26)31)27-23(36)17(10-13-4-6-14(30)7-5-13)28-21(34)15(25)11-19(32)33/h4-7,12,15-17,20,30H,3,8-11,25H2,1-2H3,(H2,26,31)(H,27,36)(H,28,34)(H,29,35)(H,32,33)(H,37,38). The molecule has 14 nitrogen and oxygen atoms in total. The number of carbonyl (C=O) groups excluding carboxylic acids is 4. The van der Waals surface area contributed by atoms with Gasteiger partial charge in [-0.05, 0) is 30.0 Å². The van der Waals surface area contributed by atoms with Crippen LogP contribution in [-0.2, 0) is 35.2 Å². The molecule has 0 heterocycles. The van der Waals surface area contributed by atoms with Crippen LogP contribution in [0.15, 0.2) is 24.3 Å². The Labute approximate surface area is 219 Å². The van der Waals surface area contributed by atoms with E-state index in [0.29, 0.717) is 12.0 Å². The van der Waals surface area contributed by atoms with Crippen molar-refractivity contribution in [3.05, 3.63) is 29.8 Å². The third-order valence-electron chi connectivity index (χ3n) is 5.83. The first-order valence-electron chi connectivity index (χ1n) is 11.9. The van der Waals surface area contributed by atoms with Gasteiger partial charge in [0, 0.05) is 12.8 Å². The Balaban J connectivity index is 3.20. The van der Waals surface area contributed by atoms with E-state index in [-0.39, 0.29) is 25.0 Å². The third kappa shape index (κ3) is 10.8. The van der Waals surface area contributed by atoms with Gasteiger partial charge in [-0.15, -0.1) is 0 Å². The molecule has 0 aromatic heterocycles. The lowest BCUT2D eigenvalue weighted by Gasteiger charge is -2.26. The van der Waals surface area contributed by atoms with E-state index in [1.807, 2.05) is 0 Å². The van der Waals surface area contributed by atoms with E-state index < -0.39 is 72.1 Å². The molecule has 210 valence electrons. The van der Waals surface area contributed by atoms with Gasteiger partial charge in [0.1, 0.15) is 23.9 Å². The number of amides is 4. The predicted octanol–water partition coefficient (Wildman–Crippen LogP) is -1.41. The molecule has 1 aromatic rings. The van der Waals surface area contributed by atoms with Crippen molar-refractivity contribution in [2.75, 3.05) is 0 Å². The average molecular weight is 538 g/mol. The van der Waals surface area contributed by atoms with Gasteiger partial charge in [-0.3, -0.25) is 24.0 Å². The second-order valence-electron chi connectivity index (χ2n) is 8.91. The topological polar surface area (TPSA) is 251 Å². The van der Waals surface area contributed by atoms with Crippen molar-refractivity contribution in [1.82, 2.24) is 16.0 Å². The maximum Gasteiger partial charge on any atom is 0.326 e. The number of rotatable bonds is 16. The fourth-order valence-corrected chi connectivity index (χ4v) is 3.40. The van der Waals surface area contributed by atoms with E-state index in [4.69, 9.17) is 16.6 Å². The van der Waals surface area contributed by atoms with Crippen molar-refractivity contribution in [2.45, 2.75) is 70.1 Å². The highest BCUT2D eigenvalue weighted by Gasteiger charge is 2.32. The smallest absolute Gasteiger partial charge is 0.326 e. The Morgan fingerprint density at radius 2 is 1.45 bits per heavy atom. The third-order valence-corrected chi connectivity index (χ3v) is 5.83. The largest absolute Gasteiger partial charge is 0.508 e. The predicted molar refractivity (Wildman–Crippen MR) is 133 cm³/mol. The highest BCUT2D eigenvalue weighted by atomic mass is 16.4. The van der Waals surface area contributed by atoms with E-state index in [1.165, 1.54) is 24.3 Å². The average Bonchev–Trinajstić information content (AvgIpc) is 2.84. The summed E-state index contributed by atoms with van der Waals surface area (Å²) in [5, 5.41) is 35.1. The second kappa shape index (κ2) is 15.1. The number of carboxylic acids is 2. The highest BCUT2D eigenvalue weighted by Crippen LogP contribution is 2.13. The normalized spacial score (nSPS) is 14.7. The zero-order valence-corrected chi connectivity index (χ0v) is 21.2. The van der Waals surface area contributed by atoms with Crippen molar-refractivity contribution in [3.8, 4) is 5.75 Å². The Hall–Kier alpha value is -4.20. The van der Waals surface area contributed by atoms with Crippen LogP contribution < -0.4 is 27.4 Å². The van der Waals surface area contributed by atoms with Crippen molar-refractivity contribution in [1.29, 1.82) is 0 Å². The molecular formula is C24H35N5O9. The van der Waals surface area contributed by atoms with Crippen molar-refractivity contribution in [2.24, 2.45) is 17.4 Å². The molecule has 1 aromatic carbocycles. The van der Waals surface area contributed by atoms with Gasteiger partial charge in [0.2, 0.25) is 23.6 Å². The van der Waals surface area contributed by atoms with Gasteiger partial charge in [-0.25, -0.2) is 4.79 Å². The lowest BCUT2D eigenvalue weighted by Crippen LogP contribution is -2.58. The van der Waals surface area contributed by atoms with Crippen LogP contribution in [0.2, 0.25) is 0 Å². The van der Waals surface area contributed by atoms with E-state index in [0.717, 1.165) is 0 Å². The van der Waals surface area contributed by atoms with Gasteiger partial charge >= 0.3 is 11.9 Å². The number of phenols is 1. The molecule has 0 fully saturated rings. The first-order chi connectivity index (χ1) is 17.7. The van der Waals surface area contributed by atoms with E-state index >= 15 is 0 Å². The number of nitrogens with two attached hydrogens (primary N) is 2. The molecule has 0 aliphatic heterocycles. The lowest BCUT2D eigenvalue weighted by atomic mass is 9.98. The lowest BCUT2D eigenvalue weighted by molar-refractivity contribution is -0.144. The number of carboxylic acid groups (broad SMARTS) is 2. The molecule has 10 N–H and O–H groups in total. The fourth-order valence-electron chi connectivity index (χ4n) is 3.40. The zero-order chi connectivity index (χ0) is 29.0. The van der Waals surface area contributed by atoms with Crippen LogP contribution in [0.1, 0.15) is 45.1 Å². The SMILES string of the molecule is CCC(C)C(NC(=O)C(CCC(N)=O)NC(=O)C(Cc1ccc(O)cc1)NC(=O)C(N)CC(=O)O)C(=O)O. The monoisotopic (exact) mass is 537 g/mol. The van der Waals surface area contributed by atoms with E-state index in [9.17, 15) is 39.0 Å². The molecule has 4 amide bonds. The van der Waals surface area contributed by atoms with Crippen molar-refractivity contribution < 1.29 is 44.1 Å². The molecule has 14 heteroatoms. The van der Waals surface area contributed by atoms with Gasteiger partial charge in [0.05, 0.1) is 12.5 Å². The molecule has 0 aliphatic carbocycles. The molecule has 0 saturated heterocycles. The minimum absolute atomic E-state index is 0.0419. The highest BCUT2D eigenvalue weighted by molar-refractivity contribution is 5.95. The number of aliphatic carboxylic acids is 2. The summed E-state index contributed by atoms with van der Waals surface area (Å²) in [6.45, 7) is 3.37. The number of nitrogens with one attached hydrogen (secondary N) is 3. The summed E-state index contributed by atoms with van der Waals surface area (Å²) in [6.07, 6.45) is -0.954. The summed E-state index contributed by atoms with van der Waals surface area (Å²) >= 11 is 0. The Morgan fingerprint density at radius 3 is 1.95 bits per heavy atom. The second-order valence-corrected chi connectivity index (χ2v) is 8.91. The van der Waals surface area contributed by atoms with E-state index in [2.05, 4.69) is 16.0 Å². The van der Waals surface area contributed by atoms with Crippen LogP contribution in [0, 0.1) is 5.92 Å². The Morgan fingerprint density at radius 1 is 0.895 bits per heavy atom. The first kappa shape index (κ1) is 31.8. The first-order valence-corrected chi connectivity index (χ1v) is 11.9. The molecule has 0 saturated carbocycles. The number of aromatic hydroxyl groups is 1. The molecule has 5 atom stereocenters. The summed E-state index contributed by atoms with van der Waals surface area (Å²) in [5.41, 5.74) is 11.3. The van der Waals surface area contributed by atoms with Gasteiger partial charge in [0.15, 0.2) is 0 Å². The number of benzene rings is 1.